The zero-order chi connectivity index (χ0) is 15.0. The van der Waals surface area contributed by atoms with Crippen LogP contribution in [0.2, 0.25) is 5.15 Å². The summed E-state index contributed by atoms with van der Waals surface area (Å²) in [6, 6.07) is 10.2. The van der Waals surface area contributed by atoms with Gasteiger partial charge in [0.05, 0.1) is 12.6 Å². The Bertz CT molecular complexity index is 836. The lowest BCUT2D eigenvalue weighted by Gasteiger charge is -2.07. The number of hydrogen-bond acceptors (Lipinski definition) is 3. The molecule has 2 aromatic carbocycles. The predicted molar refractivity (Wildman–Crippen MR) is 81.2 cm³/mol. The van der Waals surface area contributed by atoms with Gasteiger partial charge >= 0.3 is 0 Å². The molecule has 0 atom stereocenters. The van der Waals surface area contributed by atoms with Crippen LogP contribution in [0, 0.1) is 12.7 Å². The van der Waals surface area contributed by atoms with E-state index < -0.39 is 0 Å². The van der Waals surface area contributed by atoms with E-state index in [0.717, 1.165) is 10.9 Å². The normalized spacial score (nSPS) is 10.9. The van der Waals surface area contributed by atoms with Crippen LogP contribution in [0.15, 0.2) is 36.4 Å². The van der Waals surface area contributed by atoms with Crippen molar-refractivity contribution in [1.29, 1.82) is 0 Å². The van der Waals surface area contributed by atoms with Gasteiger partial charge in [0.1, 0.15) is 16.7 Å². The van der Waals surface area contributed by atoms with E-state index in [2.05, 4.69) is 9.97 Å². The van der Waals surface area contributed by atoms with Gasteiger partial charge < -0.3 is 4.74 Å². The van der Waals surface area contributed by atoms with Crippen molar-refractivity contribution in [2.45, 2.75) is 6.92 Å². The van der Waals surface area contributed by atoms with Crippen LogP contribution in [0.1, 0.15) is 5.56 Å². The number of hydrogen-bond donors (Lipinski definition) is 0. The molecular formula is C16H12ClFN2O. The molecule has 0 unspecified atom stereocenters. The summed E-state index contributed by atoms with van der Waals surface area (Å²) in [6.07, 6.45) is 0. The Hall–Kier alpha value is -2.20. The molecule has 0 saturated heterocycles. The second-order valence-corrected chi connectivity index (χ2v) is 5.04. The Kier molecular flexibility index (Phi) is 3.47. The minimum atomic E-state index is -0.254. The summed E-state index contributed by atoms with van der Waals surface area (Å²) in [6.45, 7) is 1.70. The maximum atomic E-state index is 13.3. The molecule has 0 spiro atoms. The minimum Gasteiger partial charge on any atom is -0.497 e. The number of nitrogens with zero attached hydrogens (tertiary/aromatic N) is 2. The molecule has 5 heteroatoms. The first-order valence-corrected chi connectivity index (χ1v) is 6.74. The van der Waals surface area contributed by atoms with E-state index in [1.165, 1.54) is 6.07 Å². The number of methoxy groups -OCH3 is 1. The van der Waals surface area contributed by atoms with Gasteiger partial charge in [0, 0.05) is 10.9 Å². The van der Waals surface area contributed by atoms with Gasteiger partial charge in [-0.05, 0) is 48.9 Å². The van der Waals surface area contributed by atoms with Crippen LogP contribution in [0.4, 0.5) is 4.39 Å². The van der Waals surface area contributed by atoms with Crippen molar-refractivity contribution in [2.24, 2.45) is 0 Å². The fourth-order valence-electron chi connectivity index (χ4n) is 2.11. The van der Waals surface area contributed by atoms with Gasteiger partial charge in [-0.3, -0.25) is 0 Å². The number of aryl methyl sites for hydroxylation is 1. The number of halogens is 2. The molecule has 0 fully saturated rings. The highest BCUT2D eigenvalue weighted by atomic mass is 35.5. The van der Waals surface area contributed by atoms with Crippen molar-refractivity contribution in [1.82, 2.24) is 9.97 Å². The van der Waals surface area contributed by atoms with Crippen molar-refractivity contribution < 1.29 is 9.13 Å². The topological polar surface area (TPSA) is 35.0 Å². The Morgan fingerprint density at radius 3 is 2.62 bits per heavy atom. The summed E-state index contributed by atoms with van der Waals surface area (Å²) in [5.41, 5.74) is 1.99. The number of rotatable bonds is 2. The molecule has 1 heterocycles. The highest BCUT2D eigenvalue weighted by molar-refractivity contribution is 6.34. The number of aromatic nitrogens is 2. The minimum absolute atomic E-state index is 0.254. The predicted octanol–water partition coefficient (Wildman–Crippen LogP) is 4.41. The fraction of sp³-hybridized carbons (Fsp3) is 0.125. The molecule has 1 aromatic heterocycles. The second kappa shape index (κ2) is 5.30. The van der Waals surface area contributed by atoms with Gasteiger partial charge in [0.25, 0.3) is 0 Å². The van der Waals surface area contributed by atoms with Crippen LogP contribution in [-0.4, -0.2) is 17.1 Å². The zero-order valence-electron chi connectivity index (χ0n) is 11.5. The van der Waals surface area contributed by atoms with Crippen LogP contribution in [0.5, 0.6) is 5.75 Å². The average molecular weight is 303 g/mol. The third kappa shape index (κ3) is 2.54. The van der Waals surface area contributed by atoms with Crippen molar-refractivity contribution in [3.63, 3.8) is 0 Å². The molecule has 0 saturated carbocycles. The van der Waals surface area contributed by atoms with Gasteiger partial charge in [0.15, 0.2) is 5.82 Å². The Balaban J connectivity index is 2.18. The van der Waals surface area contributed by atoms with E-state index in [-0.39, 0.29) is 5.82 Å². The van der Waals surface area contributed by atoms with Gasteiger partial charge in [-0.2, -0.15) is 0 Å². The van der Waals surface area contributed by atoms with E-state index in [1.54, 1.807) is 32.2 Å². The largest absolute Gasteiger partial charge is 0.497 e. The highest BCUT2D eigenvalue weighted by Crippen LogP contribution is 2.28. The van der Waals surface area contributed by atoms with E-state index in [4.69, 9.17) is 16.3 Å². The molecule has 0 bridgehead atoms. The number of ether oxygens (including phenoxy) is 1. The van der Waals surface area contributed by atoms with E-state index in [0.29, 0.717) is 27.8 Å². The standard InChI is InChI=1S/C16H12ClFN2O/c1-9-7-10(3-5-13(9)18)16-19-14-6-4-11(21-2)8-12(14)15(17)20-16/h3-8H,1-2H3. The maximum Gasteiger partial charge on any atom is 0.161 e. The summed E-state index contributed by atoms with van der Waals surface area (Å²) in [4.78, 5) is 8.77. The van der Waals surface area contributed by atoms with Gasteiger partial charge in [-0.25, -0.2) is 14.4 Å². The molecule has 0 amide bonds. The second-order valence-electron chi connectivity index (χ2n) is 4.69. The summed E-state index contributed by atoms with van der Waals surface area (Å²) >= 11 is 6.23. The van der Waals surface area contributed by atoms with Crippen LogP contribution < -0.4 is 4.74 Å². The van der Waals surface area contributed by atoms with Crippen LogP contribution >= 0.6 is 11.6 Å². The SMILES string of the molecule is COc1ccc2nc(-c3ccc(F)c(C)c3)nc(Cl)c2c1. The molecule has 3 aromatic rings. The summed E-state index contributed by atoms with van der Waals surface area (Å²) in [5, 5.41) is 1.06. The zero-order valence-corrected chi connectivity index (χ0v) is 12.3. The van der Waals surface area contributed by atoms with Gasteiger partial charge in [-0.15, -0.1) is 0 Å². The first-order valence-electron chi connectivity index (χ1n) is 6.36. The Morgan fingerprint density at radius 1 is 1.10 bits per heavy atom. The lowest BCUT2D eigenvalue weighted by molar-refractivity contribution is 0.415. The lowest BCUT2D eigenvalue weighted by atomic mass is 10.1. The molecule has 3 nitrogen and oxygen atoms in total. The quantitative estimate of drug-likeness (QED) is 0.658. The number of fused-ring (bicyclic) bond motifs is 1. The van der Waals surface area contributed by atoms with Crippen molar-refractivity contribution in [2.75, 3.05) is 7.11 Å². The highest BCUT2D eigenvalue weighted by Gasteiger charge is 2.10. The van der Waals surface area contributed by atoms with Gasteiger partial charge in [0.2, 0.25) is 0 Å². The smallest absolute Gasteiger partial charge is 0.161 e. The summed E-state index contributed by atoms with van der Waals surface area (Å²) in [7, 11) is 1.59. The molecular weight excluding hydrogens is 291 g/mol. The van der Waals surface area contributed by atoms with Gasteiger partial charge in [-0.1, -0.05) is 11.6 Å². The van der Waals surface area contributed by atoms with E-state index in [9.17, 15) is 4.39 Å². The molecule has 3 rings (SSSR count). The molecule has 21 heavy (non-hydrogen) atoms. The Morgan fingerprint density at radius 2 is 1.90 bits per heavy atom. The number of benzene rings is 2. The third-order valence-electron chi connectivity index (χ3n) is 3.27. The van der Waals surface area contributed by atoms with Crippen molar-refractivity contribution in [3.8, 4) is 17.1 Å². The monoisotopic (exact) mass is 302 g/mol. The molecule has 0 N–H and O–H groups in total. The maximum absolute atomic E-state index is 13.3. The lowest BCUT2D eigenvalue weighted by Crippen LogP contribution is -1.94. The van der Waals surface area contributed by atoms with Crippen LogP contribution in [0.25, 0.3) is 22.3 Å². The third-order valence-corrected chi connectivity index (χ3v) is 3.56. The molecule has 0 aliphatic carbocycles. The van der Waals surface area contributed by atoms with Crippen LogP contribution in [-0.2, 0) is 0 Å². The fourth-order valence-corrected chi connectivity index (χ4v) is 2.34. The first kappa shape index (κ1) is 13.8. The van der Waals surface area contributed by atoms with Crippen LogP contribution in [0.3, 0.4) is 0 Å². The summed E-state index contributed by atoms with van der Waals surface area (Å²) in [5.74, 6) is 0.912. The molecule has 0 aliphatic heterocycles. The Labute approximate surface area is 126 Å². The van der Waals surface area contributed by atoms with Crippen molar-refractivity contribution in [3.05, 3.63) is 52.9 Å². The van der Waals surface area contributed by atoms with E-state index >= 15 is 0 Å². The first-order chi connectivity index (χ1) is 10.1. The average Bonchev–Trinajstić information content (AvgIpc) is 2.49. The molecule has 106 valence electrons. The summed E-state index contributed by atoms with van der Waals surface area (Å²) < 4.78 is 18.5. The molecule has 0 radical (unpaired) electrons. The van der Waals surface area contributed by atoms with Crippen molar-refractivity contribution >= 4 is 22.5 Å². The molecule has 0 aliphatic rings. The van der Waals surface area contributed by atoms with E-state index in [1.807, 2.05) is 12.1 Å².